The molecule has 1 aromatic rings. The highest BCUT2D eigenvalue weighted by atomic mass is 19.1. The molecule has 1 aromatic carbocycles. The molecule has 0 spiro atoms. The van der Waals surface area contributed by atoms with E-state index in [9.17, 15) is 4.39 Å². The molecule has 0 aliphatic heterocycles. The molecule has 1 aliphatic carbocycles. The molecular weight excluding hydrogens is 215 g/mol. The minimum absolute atomic E-state index is 0.197. The molecule has 0 N–H and O–H groups in total. The van der Waals surface area contributed by atoms with Gasteiger partial charge in [0, 0.05) is 0 Å². The van der Waals surface area contributed by atoms with Crippen LogP contribution < -0.4 is 4.74 Å². The Morgan fingerprint density at radius 3 is 2.47 bits per heavy atom. The number of hydrogen-bond donors (Lipinski definition) is 0. The van der Waals surface area contributed by atoms with Crippen LogP contribution in [-0.4, -0.2) is 6.61 Å². The monoisotopic (exact) mass is 238 g/mol. The van der Waals surface area contributed by atoms with Crippen molar-refractivity contribution < 1.29 is 9.13 Å². The van der Waals surface area contributed by atoms with Gasteiger partial charge in [-0.05, 0) is 55.4 Å². The molecule has 0 heterocycles. The first-order valence-corrected chi connectivity index (χ1v) is 6.54. The minimum atomic E-state index is -0.197. The van der Waals surface area contributed by atoms with Crippen LogP contribution in [0.5, 0.6) is 5.75 Å². The fraction of sp³-hybridized carbons (Fsp3) is 0.600. The molecule has 2 rings (SSSR count). The van der Waals surface area contributed by atoms with Gasteiger partial charge in [0.2, 0.25) is 0 Å². The molecule has 1 fully saturated rings. The lowest BCUT2D eigenvalue weighted by molar-refractivity contribution is 0.130. The van der Waals surface area contributed by atoms with Crippen LogP contribution in [0.1, 0.15) is 39.2 Å². The lowest BCUT2D eigenvalue weighted by Crippen LogP contribution is -2.26. The number of hydrogen-bond acceptors (Lipinski definition) is 1. The molecule has 0 radical (unpaired) electrons. The maximum Gasteiger partial charge on any atom is 0.123 e. The van der Waals surface area contributed by atoms with Crippen LogP contribution in [0.2, 0.25) is 0 Å². The highest BCUT2D eigenvalue weighted by Crippen LogP contribution is 2.33. The minimum Gasteiger partial charge on any atom is -0.493 e. The Balaban J connectivity index is 0.000000686. The van der Waals surface area contributed by atoms with E-state index in [1.807, 2.05) is 20.8 Å². The Kier molecular flexibility index (Phi) is 5.46. The van der Waals surface area contributed by atoms with Crippen molar-refractivity contribution >= 4 is 0 Å². The number of ether oxygens (including phenoxy) is 1. The lowest BCUT2D eigenvalue weighted by atomic mass is 9.77. The molecule has 0 saturated heterocycles. The summed E-state index contributed by atoms with van der Waals surface area (Å²) in [5.74, 6) is 2.17. The molecule has 0 bridgehead atoms. The maximum atomic E-state index is 12.8. The third-order valence-corrected chi connectivity index (χ3v) is 3.08. The standard InChI is InChI=1S/C13H17FO.C2H6/c1-9-5-11(6-9)8-15-13-4-3-12(14)7-10(13)2;1-2/h3-4,7,9,11H,5-6,8H2,1-2H3;1-2H3. The highest BCUT2D eigenvalue weighted by molar-refractivity contribution is 5.32. The average molecular weight is 238 g/mol. The maximum absolute atomic E-state index is 12.8. The van der Waals surface area contributed by atoms with E-state index in [-0.39, 0.29) is 5.82 Å². The summed E-state index contributed by atoms with van der Waals surface area (Å²) in [6, 6.07) is 4.68. The van der Waals surface area contributed by atoms with Crippen molar-refractivity contribution in [1.29, 1.82) is 0 Å². The van der Waals surface area contributed by atoms with Gasteiger partial charge in [-0.1, -0.05) is 20.8 Å². The van der Waals surface area contributed by atoms with Crippen molar-refractivity contribution in [2.45, 2.75) is 40.5 Å². The molecule has 1 saturated carbocycles. The summed E-state index contributed by atoms with van der Waals surface area (Å²) in [7, 11) is 0. The fourth-order valence-corrected chi connectivity index (χ4v) is 2.19. The lowest BCUT2D eigenvalue weighted by Gasteiger charge is -2.32. The average Bonchev–Trinajstić information content (AvgIpc) is 2.28. The van der Waals surface area contributed by atoms with Crippen LogP contribution in [0.25, 0.3) is 0 Å². The summed E-state index contributed by atoms with van der Waals surface area (Å²) in [5.41, 5.74) is 0.877. The van der Waals surface area contributed by atoms with Crippen LogP contribution in [0.15, 0.2) is 18.2 Å². The molecule has 1 nitrogen and oxygen atoms in total. The number of rotatable bonds is 3. The van der Waals surface area contributed by atoms with E-state index in [1.54, 1.807) is 6.07 Å². The van der Waals surface area contributed by atoms with Crippen LogP contribution >= 0.6 is 0 Å². The Morgan fingerprint density at radius 2 is 1.94 bits per heavy atom. The van der Waals surface area contributed by atoms with Gasteiger partial charge in [-0.2, -0.15) is 0 Å². The van der Waals surface area contributed by atoms with E-state index >= 15 is 0 Å². The van der Waals surface area contributed by atoms with Crippen molar-refractivity contribution in [3.05, 3.63) is 29.6 Å². The molecular formula is C15H23FO. The summed E-state index contributed by atoms with van der Waals surface area (Å²) in [6.07, 6.45) is 2.53. The molecule has 0 unspecified atom stereocenters. The van der Waals surface area contributed by atoms with E-state index in [2.05, 4.69) is 6.92 Å². The van der Waals surface area contributed by atoms with Gasteiger partial charge in [0.25, 0.3) is 0 Å². The SMILES string of the molecule is CC.Cc1cc(F)ccc1OCC1CC(C)C1. The van der Waals surface area contributed by atoms with E-state index in [1.165, 1.54) is 25.0 Å². The third kappa shape index (κ3) is 4.03. The number of halogens is 1. The van der Waals surface area contributed by atoms with Gasteiger partial charge in [0.1, 0.15) is 11.6 Å². The van der Waals surface area contributed by atoms with E-state index in [0.717, 1.165) is 23.8 Å². The van der Waals surface area contributed by atoms with Gasteiger partial charge >= 0.3 is 0 Å². The van der Waals surface area contributed by atoms with E-state index in [4.69, 9.17) is 4.74 Å². The Labute approximate surface area is 104 Å². The van der Waals surface area contributed by atoms with Gasteiger partial charge in [-0.3, -0.25) is 0 Å². The summed E-state index contributed by atoms with van der Waals surface area (Å²) in [5, 5.41) is 0. The molecule has 2 heteroatoms. The van der Waals surface area contributed by atoms with Crippen molar-refractivity contribution in [2.75, 3.05) is 6.61 Å². The van der Waals surface area contributed by atoms with E-state index < -0.39 is 0 Å². The smallest absolute Gasteiger partial charge is 0.123 e. The second-order valence-electron chi connectivity index (χ2n) is 4.66. The second-order valence-corrected chi connectivity index (χ2v) is 4.66. The van der Waals surface area contributed by atoms with Crippen LogP contribution in [0, 0.1) is 24.6 Å². The first-order chi connectivity index (χ1) is 8.15. The molecule has 96 valence electrons. The van der Waals surface area contributed by atoms with Crippen molar-refractivity contribution in [3.63, 3.8) is 0 Å². The predicted molar refractivity (Wildman–Crippen MR) is 69.9 cm³/mol. The Morgan fingerprint density at radius 1 is 1.29 bits per heavy atom. The van der Waals surface area contributed by atoms with Gasteiger partial charge < -0.3 is 4.74 Å². The zero-order valence-electron chi connectivity index (χ0n) is 11.3. The van der Waals surface area contributed by atoms with Crippen LogP contribution in [-0.2, 0) is 0 Å². The zero-order chi connectivity index (χ0) is 12.8. The Bertz CT molecular complexity index is 343. The molecule has 0 aromatic heterocycles. The zero-order valence-corrected chi connectivity index (χ0v) is 11.3. The molecule has 17 heavy (non-hydrogen) atoms. The third-order valence-electron chi connectivity index (χ3n) is 3.08. The van der Waals surface area contributed by atoms with Gasteiger partial charge in [0.15, 0.2) is 0 Å². The summed E-state index contributed by atoms with van der Waals surface area (Å²) < 4.78 is 18.5. The van der Waals surface area contributed by atoms with Gasteiger partial charge in [0.05, 0.1) is 6.61 Å². The van der Waals surface area contributed by atoms with Crippen molar-refractivity contribution in [2.24, 2.45) is 11.8 Å². The largest absolute Gasteiger partial charge is 0.493 e. The van der Waals surface area contributed by atoms with Crippen molar-refractivity contribution in [3.8, 4) is 5.75 Å². The normalized spacial score (nSPS) is 22.2. The van der Waals surface area contributed by atoms with Gasteiger partial charge in [-0.25, -0.2) is 4.39 Å². The fourth-order valence-electron chi connectivity index (χ4n) is 2.19. The molecule has 0 amide bonds. The topological polar surface area (TPSA) is 9.23 Å². The van der Waals surface area contributed by atoms with Crippen molar-refractivity contribution in [1.82, 2.24) is 0 Å². The quantitative estimate of drug-likeness (QED) is 0.748. The van der Waals surface area contributed by atoms with Crippen LogP contribution in [0.3, 0.4) is 0 Å². The van der Waals surface area contributed by atoms with Gasteiger partial charge in [-0.15, -0.1) is 0 Å². The summed E-state index contributed by atoms with van der Waals surface area (Å²) in [4.78, 5) is 0. The van der Waals surface area contributed by atoms with Crippen LogP contribution in [0.4, 0.5) is 4.39 Å². The molecule has 0 atom stereocenters. The predicted octanol–water partition coefficient (Wildman–Crippen LogP) is 4.59. The highest BCUT2D eigenvalue weighted by Gasteiger charge is 2.25. The summed E-state index contributed by atoms with van der Waals surface area (Å²) >= 11 is 0. The first kappa shape index (κ1) is 14.0. The second kappa shape index (κ2) is 6.63. The number of aryl methyl sites for hydroxylation is 1. The number of benzene rings is 1. The Hall–Kier alpha value is -1.05. The summed E-state index contributed by atoms with van der Waals surface area (Å²) in [6.45, 7) is 8.91. The molecule has 1 aliphatic rings. The first-order valence-electron chi connectivity index (χ1n) is 6.54. The van der Waals surface area contributed by atoms with E-state index in [0.29, 0.717) is 5.92 Å².